The fraction of sp³-hybridized carbons (Fsp3) is 0.800. The number of allylic oxidation sites excluding steroid dienone is 1. The van der Waals surface area contributed by atoms with Crippen molar-refractivity contribution in [3.8, 4) is 0 Å². The second-order valence-corrected chi connectivity index (χ2v) is 6.89. The largest absolute Gasteiger partial charge is 0.298 e. The van der Waals surface area contributed by atoms with Gasteiger partial charge in [-0.2, -0.15) is 0 Å². The molecule has 0 amide bonds. The summed E-state index contributed by atoms with van der Waals surface area (Å²) in [4.78, 5) is 12.7. The van der Waals surface area contributed by atoms with Crippen LogP contribution in [0, 0.1) is 22.2 Å². The lowest BCUT2D eigenvalue weighted by Crippen LogP contribution is -2.40. The van der Waals surface area contributed by atoms with Crippen LogP contribution in [0.5, 0.6) is 0 Å². The summed E-state index contributed by atoms with van der Waals surface area (Å²) in [5.74, 6) is 0.673. The Balaban J connectivity index is 2.25. The van der Waals surface area contributed by atoms with Gasteiger partial charge in [0.15, 0.2) is 0 Å². The summed E-state index contributed by atoms with van der Waals surface area (Å²) in [6, 6.07) is 0. The van der Waals surface area contributed by atoms with Crippen LogP contribution in [-0.2, 0) is 4.79 Å². The Morgan fingerprint density at radius 1 is 1.19 bits per heavy atom. The normalized spacial score (nSPS) is 55.6. The number of Topliss-reactive ketones (excluding diaryl/α,β-unsaturated/α-hetero) is 1. The van der Waals surface area contributed by atoms with Gasteiger partial charge in [-0.3, -0.25) is 4.79 Å². The van der Waals surface area contributed by atoms with Crippen molar-refractivity contribution in [2.24, 2.45) is 22.2 Å². The average molecular weight is 218 g/mol. The van der Waals surface area contributed by atoms with E-state index in [0.29, 0.717) is 5.78 Å². The second kappa shape index (κ2) is 2.63. The monoisotopic (exact) mass is 218 g/mol. The van der Waals surface area contributed by atoms with Gasteiger partial charge in [0.2, 0.25) is 0 Å². The molecule has 0 N–H and O–H groups in total. The van der Waals surface area contributed by atoms with Gasteiger partial charge >= 0.3 is 0 Å². The minimum atomic E-state index is -0.0654. The maximum Gasteiger partial charge on any atom is 0.146 e. The van der Waals surface area contributed by atoms with E-state index in [1.165, 1.54) is 24.8 Å². The first kappa shape index (κ1) is 10.6. The summed E-state index contributed by atoms with van der Waals surface area (Å²) in [6.45, 7) is 11.1. The fourth-order valence-corrected chi connectivity index (χ4v) is 5.21. The number of hydrogen-bond acceptors (Lipinski definition) is 1. The number of carbonyl (C=O) groups is 1. The molecule has 0 radical (unpaired) electrons. The molecular formula is C15H22O. The maximum atomic E-state index is 12.7. The van der Waals surface area contributed by atoms with Crippen LogP contribution in [0.15, 0.2) is 12.2 Å². The van der Waals surface area contributed by atoms with Gasteiger partial charge in [0.05, 0.1) is 0 Å². The first-order valence-corrected chi connectivity index (χ1v) is 6.59. The molecule has 2 bridgehead atoms. The Bertz CT molecular complexity index is 396. The topological polar surface area (TPSA) is 17.1 Å². The molecule has 0 spiro atoms. The van der Waals surface area contributed by atoms with Crippen molar-refractivity contribution >= 4 is 5.78 Å². The van der Waals surface area contributed by atoms with E-state index in [-0.39, 0.29) is 22.2 Å². The van der Waals surface area contributed by atoms with Crippen LogP contribution in [0.25, 0.3) is 0 Å². The summed E-state index contributed by atoms with van der Waals surface area (Å²) in [7, 11) is 0. The molecule has 1 heteroatoms. The highest BCUT2D eigenvalue weighted by Gasteiger charge is 2.73. The molecule has 0 heterocycles. The van der Waals surface area contributed by atoms with Crippen molar-refractivity contribution in [1.82, 2.24) is 0 Å². The Hall–Kier alpha value is -0.590. The number of carbonyl (C=O) groups excluding carboxylic acids is 1. The highest BCUT2D eigenvalue weighted by atomic mass is 16.1. The third-order valence-electron chi connectivity index (χ3n) is 6.65. The Morgan fingerprint density at radius 3 is 2.56 bits per heavy atom. The predicted molar refractivity (Wildman–Crippen MR) is 65.0 cm³/mol. The summed E-state index contributed by atoms with van der Waals surface area (Å²) in [6.07, 6.45) is 5.84. The van der Waals surface area contributed by atoms with Gasteiger partial charge in [-0.25, -0.2) is 0 Å². The third-order valence-corrected chi connectivity index (χ3v) is 6.65. The molecule has 0 unspecified atom stereocenters. The number of fused-ring (bicyclic) bond motifs is 5. The first-order chi connectivity index (χ1) is 7.37. The number of rotatable bonds is 0. The Labute approximate surface area is 98.3 Å². The van der Waals surface area contributed by atoms with Crippen molar-refractivity contribution in [3.63, 3.8) is 0 Å². The molecule has 3 aliphatic rings. The summed E-state index contributed by atoms with van der Waals surface area (Å²) < 4.78 is 0. The van der Waals surface area contributed by atoms with E-state index in [0.717, 1.165) is 12.8 Å². The molecule has 3 rings (SSSR count). The Kier molecular flexibility index (Phi) is 1.73. The lowest BCUT2D eigenvalue weighted by atomic mass is 9.59. The van der Waals surface area contributed by atoms with Crippen LogP contribution >= 0.6 is 0 Å². The van der Waals surface area contributed by atoms with E-state index in [1.807, 2.05) is 0 Å². The van der Waals surface area contributed by atoms with E-state index >= 15 is 0 Å². The van der Waals surface area contributed by atoms with Gasteiger partial charge in [0, 0.05) is 11.3 Å². The first-order valence-electron chi connectivity index (χ1n) is 6.59. The van der Waals surface area contributed by atoms with Crippen molar-refractivity contribution in [2.75, 3.05) is 0 Å². The summed E-state index contributed by atoms with van der Waals surface area (Å²) in [5.41, 5.74) is 1.58. The number of hydrogen-bond donors (Lipinski definition) is 0. The molecular weight excluding hydrogens is 196 g/mol. The molecule has 16 heavy (non-hydrogen) atoms. The lowest BCUT2D eigenvalue weighted by molar-refractivity contribution is -0.132. The van der Waals surface area contributed by atoms with Crippen molar-refractivity contribution in [2.45, 2.75) is 52.9 Å². The van der Waals surface area contributed by atoms with E-state index in [4.69, 9.17) is 0 Å². The van der Waals surface area contributed by atoms with E-state index in [9.17, 15) is 4.79 Å². The third kappa shape index (κ3) is 0.781. The zero-order valence-corrected chi connectivity index (χ0v) is 10.7. The molecule has 0 aromatic rings. The van der Waals surface area contributed by atoms with E-state index in [2.05, 4.69) is 27.4 Å². The molecule has 3 saturated carbocycles. The fourth-order valence-electron chi connectivity index (χ4n) is 5.21. The average Bonchev–Trinajstić information content (AvgIpc) is 2.55. The summed E-state index contributed by atoms with van der Waals surface area (Å²) in [5, 5.41) is 0. The highest BCUT2D eigenvalue weighted by molar-refractivity contribution is 5.95. The second-order valence-electron chi connectivity index (χ2n) is 6.89. The summed E-state index contributed by atoms with van der Waals surface area (Å²) >= 11 is 0. The van der Waals surface area contributed by atoms with Crippen LogP contribution in [0.3, 0.4) is 0 Å². The molecule has 0 aromatic heterocycles. The van der Waals surface area contributed by atoms with Gasteiger partial charge in [0.25, 0.3) is 0 Å². The van der Waals surface area contributed by atoms with Gasteiger partial charge in [-0.1, -0.05) is 39.3 Å². The van der Waals surface area contributed by atoms with Crippen LogP contribution in [-0.4, -0.2) is 5.78 Å². The molecule has 0 aliphatic heterocycles. The number of ketones is 1. The minimum absolute atomic E-state index is 0.0654. The lowest BCUT2D eigenvalue weighted by Gasteiger charge is -2.43. The van der Waals surface area contributed by atoms with Gasteiger partial charge in [-0.05, 0) is 36.5 Å². The van der Waals surface area contributed by atoms with Crippen molar-refractivity contribution in [1.29, 1.82) is 0 Å². The van der Waals surface area contributed by atoms with Crippen LogP contribution in [0.2, 0.25) is 0 Å². The standard InChI is InChI=1S/C15H22O/c1-10-6-9-14(3)12(16)11(10)13(2)7-5-8-15(13,14)4/h11H,1,5-9H2,2-4H3/t11-,13-,14+,15-/m1/s1. The zero-order chi connectivity index (χ0) is 11.8. The van der Waals surface area contributed by atoms with Crippen LogP contribution < -0.4 is 0 Å². The van der Waals surface area contributed by atoms with E-state index < -0.39 is 0 Å². The molecule has 4 atom stereocenters. The predicted octanol–water partition coefficient (Wildman–Crippen LogP) is 3.74. The molecule has 88 valence electrons. The van der Waals surface area contributed by atoms with Crippen molar-refractivity contribution in [3.05, 3.63) is 12.2 Å². The van der Waals surface area contributed by atoms with E-state index in [1.54, 1.807) is 0 Å². The quantitative estimate of drug-likeness (QED) is 0.566. The van der Waals surface area contributed by atoms with Crippen molar-refractivity contribution < 1.29 is 4.79 Å². The van der Waals surface area contributed by atoms with Gasteiger partial charge in [0.1, 0.15) is 5.78 Å². The smallest absolute Gasteiger partial charge is 0.146 e. The van der Waals surface area contributed by atoms with Gasteiger partial charge in [-0.15, -0.1) is 0 Å². The molecule has 0 saturated heterocycles. The van der Waals surface area contributed by atoms with Crippen LogP contribution in [0.1, 0.15) is 52.9 Å². The molecule has 3 aliphatic carbocycles. The molecule has 0 aromatic carbocycles. The SMILES string of the molecule is C=C1CC[C@@]2(C)C(=O)[C@@H]1[C@@]1(C)CCC[C@@]21C. The molecule has 3 fully saturated rings. The molecule has 1 nitrogen and oxygen atoms in total. The minimum Gasteiger partial charge on any atom is -0.298 e. The van der Waals surface area contributed by atoms with Gasteiger partial charge < -0.3 is 0 Å². The Morgan fingerprint density at radius 2 is 1.88 bits per heavy atom. The van der Waals surface area contributed by atoms with Crippen LogP contribution in [0.4, 0.5) is 0 Å². The maximum absolute atomic E-state index is 12.7. The zero-order valence-electron chi connectivity index (χ0n) is 10.7. The highest BCUT2D eigenvalue weighted by Crippen LogP contribution is 2.75.